The van der Waals surface area contributed by atoms with Crippen LogP contribution in [0.1, 0.15) is 44.5 Å². The zero-order valence-corrected chi connectivity index (χ0v) is 12.5. The fraction of sp³-hybridized carbons (Fsp3) is 0.500. The first-order valence-corrected chi connectivity index (χ1v) is 7.31. The number of rotatable bonds is 5. The number of nitrogens with zero attached hydrogens (tertiary/aromatic N) is 2. The lowest BCUT2D eigenvalue weighted by Gasteiger charge is -2.17. The number of aromatic nitrogens is 2. The summed E-state index contributed by atoms with van der Waals surface area (Å²) in [6.45, 7) is 3.68. The van der Waals surface area contributed by atoms with Crippen LogP contribution in [0.2, 0.25) is 0 Å². The van der Waals surface area contributed by atoms with E-state index >= 15 is 0 Å². The Kier molecular flexibility index (Phi) is 3.35. The molecule has 1 fully saturated rings. The molecule has 21 heavy (non-hydrogen) atoms. The Morgan fingerprint density at radius 2 is 2.14 bits per heavy atom. The summed E-state index contributed by atoms with van der Waals surface area (Å²) < 4.78 is 7.47. The standard InChI is InChI=1S/C16H20N2O3/c1-9(10(2)16(19)20)15-17-13-8-12(21-3)6-7-14(13)18(15)11-4-5-11/h6-11H,4-5H2,1-3H3,(H,19,20). The van der Waals surface area contributed by atoms with Crippen molar-refractivity contribution in [2.75, 3.05) is 7.11 Å². The minimum absolute atomic E-state index is 0.124. The second-order valence-corrected chi connectivity index (χ2v) is 5.84. The number of aliphatic carboxylic acids is 1. The van der Waals surface area contributed by atoms with E-state index in [1.54, 1.807) is 14.0 Å². The molecule has 1 aliphatic carbocycles. The molecular weight excluding hydrogens is 268 g/mol. The smallest absolute Gasteiger partial charge is 0.306 e. The Balaban J connectivity index is 2.12. The van der Waals surface area contributed by atoms with Crippen LogP contribution in [0.4, 0.5) is 0 Å². The van der Waals surface area contributed by atoms with Crippen molar-refractivity contribution in [1.29, 1.82) is 0 Å². The number of carboxylic acids is 1. The maximum absolute atomic E-state index is 11.3. The summed E-state index contributed by atoms with van der Waals surface area (Å²) in [7, 11) is 1.63. The van der Waals surface area contributed by atoms with E-state index in [4.69, 9.17) is 9.72 Å². The van der Waals surface area contributed by atoms with Gasteiger partial charge in [-0.3, -0.25) is 4.79 Å². The molecule has 1 aromatic carbocycles. The van der Waals surface area contributed by atoms with Crippen LogP contribution in [-0.4, -0.2) is 27.7 Å². The van der Waals surface area contributed by atoms with Gasteiger partial charge >= 0.3 is 5.97 Å². The van der Waals surface area contributed by atoms with Gasteiger partial charge in [0.25, 0.3) is 0 Å². The van der Waals surface area contributed by atoms with Gasteiger partial charge in [-0.1, -0.05) is 13.8 Å². The number of carboxylic acid groups (broad SMARTS) is 1. The van der Waals surface area contributed by atoms with Gasteiger partial charge in [0.05, 0.1) is 24.1 Å². The number of methoxy groups -OCH3 is 1. The van der Waals surface area contributed by atoms with Crippen LogP contribution in [0.15, 0.2) is 18.2 Å². The fourth-order valence-corrected chi connectivity index (χ4v) is 2.70. The molecule has 2 unspecified atom stereocenters. The Morgan fingerprint density at radius 3 is 2.71 bits per heavy atom. The number of hydrogen-bond acceptors (Lipinski definition) is 3. The summed E-state index contributed by atoms with van der Waals surface area (Å²) in [5.74, 6) is 0.279. The molecule has 0 spiro atoms. The highest BCUT2D eigenvalue weighted by molar-refractivity contribution is 5.79. The molecule has 1 aromatic heterocycles. The van der Waals surface area contributed by atoms with Crippen LogP contribution < -0.4 is 4.74 Å². The van der Waals surface area contributed by atoms with Crippen LogP contribution in [0.3, 0.4) is 0 Å². The summed E-state index contributed by atoms with van der Waals surface area (Å²) in [6, 6.07) is 6.32. The molecule has 1 aliphatic rings. The zero-order chi connectivity index (χ0) is 15.1. The number of benzene rings is 1. The summed E-state index contributed by atoms with van der Waals surface area (Å²) in [5, 5.41) is 9.26. The minimum atomic E-state index is -0.783. The third kappa shape index (κ3) is 2.37. The van der Waals surface area contributed by atoms with Gasteiger partial charge in [-0.05, 0) is 25.0 Å². The van der Waals surface area contributed by atoms with Crippen molar-refractivity contribution in [2.45, 2.75) is 38.6 Å². The SMILES string of the molecule is COc1ccc2c(c1)nc(C(C)C(C)C(=O)O)n2C1CC1. The summed E-state index contributed by atoms with van der Waals surface area (Å²) in [6.07, 6.45) is 2.28. The lowest BCUT2D eigenvalue weighted by Crippen LogP contribution is -2.19. The number of fused-ring (bicyclic) bond motifs is 1. The van der Waals surface area contributed by atoms with Crippen molar-refractivity contribution in [3.05, 3.63) is 24.0 Å². The van der Waals surface area contributed by atoms with E-state index in [1.807, 2.05) is 25.1 Å². The maximum Gasteiger partial charge on any atom is 0.306 e. The first-order chi connectivity index (χ1) is 10.0. The summed E-state index contributed by atoms with van der Waals surface area (Å²) >= 11 is 0. The number of ether oxygens (including phenoxy) is 1. The third-order valence-corrected chi connectivity index (χ3v) is 4.38. The Hall–Kier alpha value is -2.04. The monoisotopic (exact) mass is 288 g/mol. The van der Waals surface area contributed by atoms with E-state index in [0.717, 1.165) is 35.4 Å². The molecule has 0 amide bonds. The van der Waals surface area contributed by atoms with E-state index in [2.05, 4.69) is 4.57 Å². The van der Waals surface area contributed by atoms with Crippen LogP contribution in [0, 0.1) is 5.92 Å². The lowest BCUT2D eigenvalue weighted by molar-refractivity contribution is -0.141. The molecule has 112 valence electrons. The molecule has 5 nitrogen and oxygen atoms in total. The molecule has 2 atom stereocenters. The molecule has 0 saturated heterocycles. The van der Waals surface area contributed by atoms with Crippen LogP contribution >= 0.6 is 0 Å². The predicted octanol–water partition coefficient (Wildman–Crippen LogP) is 3.20. The molecule has 0 bridgehead atoms. The highest BCUT2D eigenvalue weighted by Crippen LogP contribution is 2.41. The van der Waals surface area contributed by atoms with Gasteiger partial charge < -0.3 is 14.4 Å². The maximum atomic E-state index is 11.3. The molecule has 1 heterocycles. The summed E-state index contributed by atoms with van der Waals surface area (Å²) in [5.41, 5.74) is 1.94. The zero-order valence-electron chi connectivity index (χ0n) is 12.5. The Bertz CT molecular complexity index is 688. The van der Waals surface area contributed by atoms with Gasteiger partial charge in [0.15, 0.2) is 0 Å². The van der Waals surface area contributed by atoms with Crippen molar-refractivity contribution in [1.82, 2.24) is 9.55 Å². The first kappa shape index (κ1) is 13.9. The van der Waals surface area contributed by atoms with E-state index in [0.29, 0.717) is 6.04 Å². The molecular formula is C16H20N2O3. The van der Waals surface area contributed by atoms with Gasteiger partial charge in [-0.15, -0.1) is 0 Å². The topological polar surface area (TPSA) is 64.3 Å². The van der Waals surface area contributed by atoms with Gasteiger partial charge in [0.1, 0.15) is 11.6 Å². The van der Waals surface area contributed by atoms with Crippen molar-refractivity contribution in [3.8, 4) is 5.75 Å². The highest BCUT2D eigenvalue weighted by Gasteiger charge is 2.33. The lowest BCUT2D eigenvalue weighted by atomic mass is 9.95. The first-order valence-electron chi connectivity index (χ1n) is 7.31. The Morgan fingerprint density at radius 1 is 1.43 bits per heavy atom. The molecule has 1 N–H and O–H groups in total. The van der Waals surface area contributed by atoms with Crippen LogP contribution in [0.25, 0.3) is 11.0 Å². The fourth-order valence-electron chi connectivity index (χ4n) is 2.70. The van der Waals surface area contributed by atoms with Crippen LogP contribution in [0.5, 0.6) is 5.75 Å². The predicted molar refractivity (Wildman–Crippen MR) is 79.8 cm³/mol. The van der Waals surface area contributed by atoms with Gasteiger partial charge in [-0.2, -0.15) is 0 Å². The second-order valence-electron chi connectivity index (χ2n) is 5.84. The second kappa shape index (κ2) is 5.06. The average Bonchev–Trinajstić information content (AvgIpc) is 3.25. The van der Waals surface area contributed by atoms with Crippen molar-refractivity contribution in [3.63, 3.8) is 0 Å². The van der Waals surface area contributed by atoms with Crippen LogP contribution in [-0.2, 0) is 4.79 Å². The largest absolute Gasteiger partial charge is 0.497 e. The van der Waals surface area contributed by atoms with E-state index < -0.39 is 11.9 Å². The number of hydrogen-bond donors (Lipinski definition) is 1. The number of imidazole rings is 1. The average molecular weight is 288 g/mol. The normalized spacial score (nSPS) is 17.7. The minimum Gasteiger partial charge on any atom is -0.497 e. The Labute approximate surface area is 123 Å². The van der Waals surface area contributed by atoms with Gasteiger partial charge in [0, 0.05) is 18.0 Å². The van der Waals surface area contributed by atoms with Gasteiger partial charge in [-0.25, -0.2) is 4.98 Å². The third-order valence-electron chi connectivity index (χ3n) is 4.38. The highest BCUT2D eigenvalue weighted by atomic mass is 16.5. The molecule has 3 rings (SSSR count). The van der Waals surface area contributed by atoms with E-state index in [9.17, 15) is 9.90 Å². The molecule has 5 heteroatoms. The van der Waals surface area contributed by atoms with E-state index in [1.165, 1.54) is 0 Å². The molecule has 1 saturated carbocycles. The molecule has 0 aliphatic heterocycles. The van der Waals surface area contributed by atoms with E-state index in [-0.39, 0.29) is 5.92 Å². The van der Waals surface area contributed by atoms with Crippen molar-refractivity contribution < 1.29 is 14.6 Å². The molecule has 2 aromatic rings. The summed E-state index contributed by atoms with van der Waals surface area (Å²) in [4.78, 5) is 16.0. The quantitative estimate of drug-likeness (QED) is 0.917. The number of carbonyl (C=O) groups is 1. The van der Waals surface area contributed by atoms with Crippen molar-refractivity contribution in [2.24, 2.45) is 5.92 Å². The molecule has 0 radical (unpaired) electrons. The van der Waals surface area contributed by atoms with Crippen molar-refractivity contribution >= 4 is 17.0 Å². The van der Waals surface area contributed by atoms with Gasteiger partial charge in [0.2, 0.25) is 0 Å².